The molecule has 0 radical (unpaired) electrons. The van der Waals surface area contributed by atoms with Crippen LogP contribution in [0.5, 0.6) is 0 Å². The Morgan fingerprint density at radius 2 is 0.660 bits per heavy atom. The Balaban J connectivity index is 3.08. The lowest BCUT2D eigenvalue weighted by Crippen LogP contribution is -2.15. The molecule has 0 aliphatic rings. The highest BCUT2D eigenvalue weighted by Crippen LogP contribution is 2.05. The van der Waals surface area contributed by atoms with Crippen molar-refractivity contribution in [3.05, 3.63) is 0 Å². The van der Waals surface area contributed by atoms with E-state index in [9.17, 15) is 4.79 Å². The number of carbonyl (C=O) groups excluding carboxylic acids is 1. The zero-order valence-electron chi connectivity index (χ0n) is 29.4. The van der Waals surface area contributed by atoms with E-state index in [-0.39, 0.29) is 12.6 Å². The van der Waals surface area contributed by atoms with E-state index in [2.05, 4.69) is 29.5 Å². The van der Waals surface area contributed by atoms with Gasteiger partial charge in [0.15, 0.2) is 0 Å². The Kier molecular flexibility index (Phi) is 43.6. The summed E-state index contributed by atoms with van der Waals surface area (Å²) in [6.45, 7) is 13.1. The molecule has 0 heterocycles. The number of halogens is 1. The van der Waals surface area contributed by atoms with Crippen LogP contribution in [0, 0.1) is 0 Å². The minimum absolute atomic E-state index is 0.145. The van der Waals surface area contributed by atoms with Crippen molar-refractivity contribution >= 4 is 28.6 Å². The van der Waals surface area contributed by atoms with E-state index >= 15 is 0 Å². The monoisotopic (exact) mass is 794 g/mol. The van der Waals surface area contributed by atoms with Crippen LogP contribution in [0.15, 0.2) is 0 Å². The van der Waals surface area contributed by atoms with Gasteiger partial charge in [0.2, 0.25) is 0 Å². The van der Waals surface area contributed by atoms with Crippen LogP contribution in [0.4, 0.5) is 0 Å². The van der Waals surface area contributed by atoms with Gasteiger partial charge in [0.25, 0.3) is 0 Å². The normalized spacial score (nSPS) is 11.4. The Hall–Kier alpha value is -0.200. The van der Waals surface area contributed by atoms with Gasteiger partial charge in [-0.25, -0.2) is 0 Å². The van der Waals surface area contributed by atoms with E-state index in [0.29, 0.717) is 132 Å². The molecule has 0 aromatic carbocycles. The Bertz CT molecular complexity index is 591. The zero-order valence-corrected chi connectivity index (χ0v) is 31.6. The zero-order chi connectivity index (χ0) is 34.0. The first kappa shape index (κ1) is 46.8. The van der Waals surface area contributed by atoms with Crippen molar-refractivity contribution < 1.29 is 56.9 Å². The molecule has 0 saturated heterocycles. The third-order valence-corrected chi connectivity index (χ3v) is 7.26. The van der Waals surface area contributed by atoms with Crippen LogP contribution in [0.1, 0.15) is 71.1 Å². The second-order valence-corrected chi connectivity index (χ2v) is 11.7. The maximum atomic E-state index is 11.6. The van der Waals surface area contributed by atoms with Gasteiger partial charge >= 0.3 is 5.97 Å². The first-order valence-corrected chi connectivity index (χ1v) is 19.3. The second-order valence-electron chi connectivity index (χ2n) is 10.6. The average Bonchev–Trinajstić information content (AvgIpc) is 3.08. The summed E-state index contributed by atoms with van der Waals surface area (Å²) < 4.78 is 61.2. The molecule has 0 amide bonds. The topological polar surface area (TPSA) is 119 Å². The number of hydrogen-bond acceptors (Lipinski definition) is 12. The molecule has 0 N–H and O–H groups in total. The fraction of sp³-hybridized carbons (Fsp3) is 0.971. The summed E-state index contributed by atoms with van der Waals surface area (Å²) in [5.41, 5.74) is 0. The maximum Gasteiger partial charge on any atom is 0.305 e. The molecule has 0 unspecified atom stereocenters. The molecule has 282 valence electrons. The molecule has 0 bridgehead atoms. The fourth-order valence-corrected chi connectivity index (χ4v) is 4.43. The summed E-state index contributed by atoms with van der Waals surface area (Å²) in [6.07, 6.45) is 11.1. The molecule has 0 aliphatic heterocycles. The lowest BCUT2D eigenvalue weighted by molar-refractivity contribution is -0.145. The van der Waals surface area contributed by atoms with Crippen molar-refractivity contribution in [2.75, 3.05) is 143 Å². The molecule has 0 saturated carbocycles. The highest BCUT2D eigenvalue weighted by molar-refractivity contribution is 14.1. The van der Waals surface area contributed by atoms with Crippen molar-refractivity contribution in [3.8, 4) is 0 Å². The van der Waals surface area contributed by atoms with Gasteiger partial charge in [-0.1, -0.05) is 68.0 Å². The van der Waals surface area contributed by atoms with Gasteiger partial charge in [-0.05, 0) is 23.7 Å². The highest BCUT2D eigenvalue weighted by atomic mass is 127. The number of esters is 1. The Morgan fingerprint density at radius 3 is 1.02 bits per heavy atom. The molecule has 0 aromatic rings. The average molecular weight is 795 g/mol. The summed E-state index contributed by atoms with van der Waals surface area (Å²) >= 11 is 2.42. The van der Waals surface area contributed by atoms with E-state index in [1.165, 1.54) is 43.0 Å². The number of hydrogen-bond donors (Lipinski definition) is 0. The van der Waals surface area contributed by atoms with Crippen molar-refractivity contribution in [1.82, 2.24) is 0 Å². The van der Waals surface area contributed by atoms with Gasteiger partial charge in [-0.3, -0.25) is 4.79 Å². The van der Waals surface area contributed by atoms with Crippen LogP contribution in [-0.4, -0.2) is 149 Å². The molecule has 0 spiro atoms. The Morgan fingerprint density at radius 1 is 0.362 bits per heavy atom. The van der Waals surface area contributed by atoms with Crippen LogP contribution in [-0.2, 0) is 56.9 Å². The number of carbonyl (C=O) groups is 1. The third-order valence-electron chi connectivity index (χ3n) is 6.50. The van der Waals surface area contributed by atoms with Gasteiger partial charge in [-0.2, -0.15) is 0 Å². The summed E-state index contributed by atoms with van der Waals surface area (Å²) in [5, 5.41) is 0. The Labute approximate surface area is 298 Å². The minimum Gasteiger partial charge on any atom is -0.463 e. The van der Waals surface area contributed by atoms with Crippen LogP contribution in [0.3, 0.4) is 0 Å². The van der Waals surface area contributed by atoms with Crippen LogP contribution < -0.4 is 0 Å². The van der Waals surface area contributed by atoms with E-state index in [4.69, 9.17) is 52.1 Å². The molecule has 12 nitrogen and oxygen atoms in total. The van der Waals surface area contributed by atoms with Crippen molar-refractivity contribution in [2.45, 2.75) is 71.1 Å². The molecule has 0 atom stereocenters. The number of unbranched alkanes of at least 4 members (excludes halogenated alkanes) is 7. The SMILES string of the molecule is CCCCCCCC(=O)OCCOCCOCCOCCOCCOCCOCCOCCOCCOCCOCCCCCCI. The largest absolute Gasteiger partial charge is 0.463 e. The molecule has 0 rings (SSSR count). The first-order chi connectivity index (χ1) is 23.3. The van der Waals surface area contributed by atoms with Crippen molar-refractivity contribution in [2.24, 2.45) is 0 Å². The second kappa shape index (κ2) is 43.8. The molecular weight excluding hydrogens is 727 g/mol. The van der Waals surface area contributed by atoms with Crippen LogP contribution in [0.2, 0.25) is 0 Å². The lowest BCUT2D eigenvalue weighted by Gasteiger charge is -2.09. The quantitative estimate of drug-likeness (QED) is 0.0356. The van der Waals surface area contributed by atoms with Gasteiger partial charge in [0.1, 0.15) is 6.61 Å². The predicted octanol–water partition coefficient (Wildman–Crippen LogP) is 5.05. The van der Waals surface area contributed by atoms with Gasteiger partial charge in [-0.15, -0.1) is 0 Å². The predicted molar refractivity (Wildman–Crippen MR) is 190 cm³/mol. The molecule has 13 heteroatoms. The molecule has 0 aliphatic carbocycles. The standard InChI is InChI=1S/C34H67IO12/c1-2-3-4-5-8-11-34(36)47-33-32-46-31-30-45-29-28-44-27-26-43-25-24-42-23-22-41-21-20-40-19-18-39-17-16-38-15-14-37-13-10-7-6-9-12-35/h2-33H2,1H3. The summed E-state index contributed by atoms with van der Waals surface area (Å²) in [4.78, 5) is 11.6. The van der Waals surface area contributed by atoms with E-state index in [1.54, 1.807) is 0 Å². The maximum absolute atomic E-state index is 11.6. The van der Waals surface area contributed by atoms with Crippen molar-refractivity contribution in [3.63, 3.8) is 0 Å². The van der Waals surface area contributed by atoms with E-state index in [1.807, 2.05) is 0 Å². The number of rotatable bonds is 42. The number of ether oxygens (including phenoxy) is 11. The summed E-state index contributed by atoms with van der Waals surface area (Å²) in [5.74, 6) is -0.145. The number of alkyl halides is 1. The minimum atomic E-state index is -0.145. The lowest BCUT2D eigenvalue weighted by atomic mass is 10.1. The van der Waals surface area contributed by atoms with Gasteiger partial charge in [0, 0.05) is 13.0 Å². The van der Waals surface area contributed by atoms with E-state index in [0.717, 1.165) is 25.9 Å². The third kappa shape index (κ3) is 43.8. The van der Waals surface area contributed by atoms with Gasteiger partial charge in [0.05, 0.1) is 126 Å². The molecule has 0 aromatic heterocycles. The summed E-state index contributed by atoms with van der Waals surface area (Å²) in [6, 6.07) is 0. The molecular formula is C34H67IO12. The fourth-order valence-electron chi connectivity index (χ4n) is 3.89. The highest BCUT2D eigenvalue weighted by Gasteiger charge is 2.02. The van der Waals surface area contributed by atoms with Crippen LogP contribution >= 0.6 is 22.6 Å². The van der Waals surface area contributed by atoms with Crippen molar-refractivity contribution in [1.29, 1.82) is 0 Å². The van der Waals surface area contributed by atoms with Gasteiger partial charge < -0.3 is 52.1 Å². The molecule has 0 fully saturated rings. The van der Waals surface area contributed by atoms with Crippen LogP contribution in [0.25, 0.3) is 0 Å². The van der Waals surface area contributed by atoms with E-state index < -0.39 is 0 Å². The molecule has 47 heavy (non-hydrogen) atoms. The smallest absolute Gasteiger partial charge is 0.305 e. The summed E-state index contributed by atoms with van der Waals surface area (Å²) in [7, 11) is 0. The first-order valence-electron chi connectivity index (χ1n) is 17.8.